The highest BCUT2D eigenvalue weighted by atomic mass is 35.5. The van der Waals surface area contributed by atoms with Gasteiger partial charge in [0, 0.05) is 18.3 Å². The fourth-order valence-corrected chi connectivity index (χ4v) is 4.78. The molecule has 0 saturated carbocycles. The normalized spacial score (nSPS) is 14.5. The van der Waals surface area contributed by atoms with Crippen molar-refractivity contribution in [3.8, 4) is 11.3 Å². The third-order valence-corrected chi connectivity index (χ3v) is 5.87. The number of aromatic nitrogens is 2. The number of guanidine groups is 1. The summed E-state index contributed by atoms with van der Waals surface area (Å²) < 4.78 is 3.71. The third-order valence-electron chi connectivity index (χ3n) is 3.28. The maximum Gasteiger partial charge on any atom is 0.212 e. The molecule has 4 rings (SSSR count). The van der Waals surface area contributed by atoms with Crippen molar-refractivity contribution in [3.05, 3.63) is 31.0 Å². The summed E-state index contributed by atoms with van der Waals surface area (Å²) in [6, 6.07) is 1.80. The lowest BCUT2D eigenvalue weighted by molar-refractivity contribution is 0.919. The van der Waals surface area contributed by atoms with Crippen LogP contribution in [0.5, 0.6) is 0 Å². The summed E-state index contributed by atoms with van der Waals surface area (Å²) in [5, 5.41) is 7.32. The van der Waals surface area contributed by atoms with Crippen LogP contribution in [0.3, 0.4) is 0 Å². The number of rotatable bonds is 3. The molecule has 6 nitrogen and oxygen atoms in total. The van der Waals surface area contributed by atoms with E-state index < -0.39 is 0 Å². The topological polar surface area (TPSA) is 66.1 Å². The molecule has 3 aromatic heterocycles. The van der Waals surface area contributed by atoms with Crippen LogP contribution in [0.2, 0.25) is 13.0 Å². The Morgan fingerprint density at radius 1 is 1.29 bits per heavy atom. The zero-order valence-electron chi connectivity index (χ0n) is 11.9. The number of hydrogen-bond acceptors (Lipinski definition) is 7. The first kappa shape index (κ1) is 16.2. The maximum atomic E-state index is 6.29. The van der Waals surface area contributed by atoms with E-state index in [1.165, 1.54) is 22.7 Å². The molecule has 0 atom stereocenters. The second kappa shape index (κ2) is 6.53. The molecule has 0 radical (unpaired) electrons. The van der Waals surface area contributed by atoms with Crippen LogP contribution in [0.25, 0.3) is 16.2 Å². The zero-order valence-corrected chi connectivity index (χ0v) is 15.8. The zero-order chi connectivity index (χ0) is 16.7. The largest absolute Gasteiger partial charge is 0.353 e. The molecule has 0 aliphatic carbocycles. The molecule has 11 heteroatoms. The summed E-state index contributed by atoms with van der Waals surface area (Å²) in [6.45, 7) is 1.55. The average molecular weight is 420 g/mol. The van der Waals surface area contributed by atoms with Crippen LogP contribution in [0, 0.1) is 0 Å². The molecule has 0 saturated heterocycles. The number of aliphatic imine (C=N–C) groups is 1. The first-order valence-electron chi connectivity index (χ1n) is 6.82. The van der Waals surface area contributed by atoms with Crippen molar-refractivity contribution < 1.29 is 0 Å². The number of nitrogens with zero attached hydrogens (tertiary/aromatic N) is 4. The Morgan fingerprint density at radius 3 is 2.88 bits per heavy atom. The van der Waals surface area contributed by atoms with Crippen molar-refractivity contribution >= 4 is 74.6 Å². The Morgan fingerprint density at radius 2 is 2.17 bits per heavy atom. The molecular weight excluding hydrogens is 411 g/mol. The first-order valence-corrected chi connectivity index (χ1v) is 9.58. The first-order chi connectivity index (χ1) is 11.6. The Balaban J connectivity index is 1.77. The molecule has 1 aliphatic rings. The van der Waals surface area contributed by atoms with Gasteiger partial charge in [-0.1, -0.05) is 46.1 Å². The SMILES string of the molecule is Clc1cc(-c2nc3sc(Cl)cn3c2/C=N/NC2=NCCN2)c(Cl)s1. The molecule has 124 valence electrons. The number of fused-ring (bicyclic) bond motifs is 1. The van der Waals surface area contributed by atoms with Gasteiger partial charge in [-0.05, 0) is 6.07 Å². The molecule has 24 heavy (non-hydrogen) atoms. The van der Waals surface area contributed by atoms with Crippen LogP contribution < -0.4 is 10.7 Å². The van der Waals surface area contributed by atoms with Gasteiger partial charge in [-0.25, -0.2) is 15.4 Å². The van der Waals surface area contributed by atoms with Gasteiger partial charge >= 0.3 is 0 Å². The summed E-state index contributed by atoms with van der Waals surface area (Å²) in [4.78, 5) is 9.60. The standard InChI is InChI=1S/C13H9Cl3N6S2/c14-8-3-6(11(16)23-8)10-7(4-19-21-12-17-1-2-18-12)22-5-9(15)24-13(22)20-10/h3-5H,1-2H2,(H2,17,18,21)/b19-4+. The van der Waals surface area contributed by atoms with E-state index in [-0.39, 0.29) is 0 Å². The van der Waals surface area contributed by atoms with E-state index in [4.69, 9.17) is 34.8 Å². The van der Waals surface area contributed by atoms with E-state index in [0.717, 1.165) is 29.3 Å². The van der Waals surface area contributed by atoms with E-state index in [2.05, 4.69) is 25.8 Å². The van der Waals surface area contributed by atoms with E-state index in [1.54, 1.807) is 18.5 Å². The Labute approximate surface area is 159 Å². The average Bonchev–Trinajstić information content (AvgIpc) is 3.26. The number of nitrogens with one attached hydrogen (secondary N) is 2. The summed E-state index contributed by atoms with van der Waals surface area (Å²) in [7, 11) is 0. The van der Waals surface area contributed by atoms with Gasteiger partial charge in [0.15, 0.2) is 4.96 Å². The van der Waals surface area contributed by atoms with Crippen LogP contribution >= 0.6 is 57.5 Å². The molecule has 4 heterocycles. The van der Waals surface area contributed by atoms with Crippen LogP contribution in [-0.2, 0) is 0 Å². The molecule has 2 N–H and O–H groups in total. The van der Waals surface area contributed by atoms with Crippen LogP contribution in [0.4, 0.5) is 0 Å². The maximum absolute atomic E-state index is 6.29. The van der Waals surface area contributed by atoms with Gasteiger partial charge in [-0.2, -0.15) is 5.10 Å². The van der Waals surface area contributed by atoms with Crippen molar-refractivity contribution in [2.24, 2.45) is 10.1 Å². The molecule has 1 aliphatic heterocycles. The van der Waals surface area contributed by atoms with Gasteiger partial charge in [-0.3, -0.25) is 4.40 Å². The highest BCUT2D eigenvalue weighted by molar-refractivity contribution is 7.21. The number of halogens is 3. The number of hydrazone groups is 1. The lowest BCUT2D eigenvalue weighted by Crippen LogP contribution is -2.30. The smallest absolute Gasteiger partial charge is 0.212 e. The molecule has 3 aromatic rings. The van der Waals surface area contributed by atoms with Gasteiger partial charge in [0.2, 0.25) is 5.96 Å². The van der Waals surface area contributed by atoms with Crippen molar-refractivity contribution in [1.29, 1.82) is 0 Å². The van der Waals surface area contributed by atoms with Gasteiger partial charge < -0.3 is 5.32 Å². The highest BCUT2D eigenvalue weighted by Gasteiger charge is 2.19. The van der Waals surface area contributed by atoms with Gasteiger partial charge in [-0.15, -0.1) is 11.3 Å². The van der Waals surface area contributed by atoms with E-state index in [1.807, 2.05) is 4.40 Å². The molecule has 0 amide bonds. The number of imidazole rings is 1. The minimum atomic E-state index is 0.585. The summed E-state index contributed by atoms with van der Waals surface area (Å²) in [6.07, 6.45) is 3.47. The van der Waals surface area contributed by atoms with Gasteiger partial charge in [0.1, 0.15) is 14.4 Å². The predicted octanol–water partition coefficient (Wildman–Crippen LogP) is 3.97. The van der Waals surface area contributed by atoms with Crippen molar-refractivity contribution in [1.82, 2.24) is 20.1 Å². The van der Waals surface area contributed by atoms with Gasteiger partial charge in [0.25, 0.3) is 0 Å². The predicted molar refractivity (Wildman–Crippen MR) is 102 cm³/mol. The Kier molecular flexibility index (Phi) is 4.40. The molecule has 0 spiro atoms. The molecule has 0 unspecified atom stereocenters. The fraction of sp³-hybridized carbons (Fsp3) is 0.154. The lowest BCUT2D eigenvalue weighted by atomic mass is 10.2. The minimum absolute atomic E-state index is 0.585. The number of hydrogen-bond donors (Lipinski definition) is 2. The second-order valence-electron chi connectivity index (χ2n) is 4.80. The van der Waals surface area contributed by atoms with Crippen molar-refractivity contribution in [2.75, 3.05) is 13.1 Å². The fourth-order valence-electron chi connectivity index (χ4n) is 2.29. The number of thiazole rings is 1. The highest BCUT2D eigenvalue weighted by Crippen LogP contribution is 2.40. The van der Waals surface area contributed by atoms with E-state index in [9.17, 15) is 0 Å². The van der Waals surface area contributed by atoms with E-state index >= 15 is 0 Å². The molecule has 0 aromatic carbocycles. The molecule has 0 fully saturated rings. The van der Waals surface area contributed by atoms with Gasteiger partial charge in [0.05, 0.1) is 22.8 Å². The monoisotopic (exact) mass is 418 g/mol. The van der Waals surface area contributed by atoms with Crippen LogP contribution in [0.15, 0.2) is 22.4 Å². The van der Waals surface area contributed by atoms with Crippen LogP contribution in [0.1, 0.15) is 5.69 Å². The second-order valence-corrected chi connectivity index (χ2v) is 8.72. The Hall–Kier alpha value is -1.32. The van der Waals surface area contributed by atoms with E-state index in [0.29, 0.717) is 24.7 Å². The number of thiophene rings is 1. The molecule has 0 bridgehead atoms. The third kappa shape index (κ3) is 3.00. The molecular formula is C13H9Cl3N6S2. The Bertz CT molecular complexity index is 970. The minimum Gasteiger partial charge on any atom is -0.353 e. The summed E-state index contributed by atoms with van der Waals surface area (Å²) in [5.41, 5.74) is 5.11. The summed E-state index contributed by atoms with van der Waals surface area (Å²) in [5.74, 6) is 0.647. The van der Waals surface area contributed by atoms with Crippen molar-refractivity contribution in [2.45, 2.75) is 0 Å². The van der Waals surface area contributed by atoms with Crippen molar-refractivity contribution in [3.63, 3.8) is 0 Å². The summed E-state index contributed by atoms with van der Waals surface area (Å²) >= 11 is 21.1. The lowest BCUT2D eigenvalue weighted by Gasteiger charge is -2.00. The quantitative estimate of drug-likeness (QED) is 0.499. The van der Waals surface area contributed by atoms with Crippen LogP contribution in [-0.4, -0.2) is 34.6 Å².